The first-order valence-electron chi connectivity index (χ1n) is 8.61. The normalized spacial score (nSPS) is 15.5. The molecule has 0 aliphatic carbocycles. The zero-order valence-corrected chi connectivity index (χ0v) is 15.5. The molecule has 2 rings (SSSR count). The van der Waals surface area contributed by atoms with Crippen molar-refractivity contribution in [2.75, 3.05) is 46.9 Å². The summed E-state index contributed by atoms with van der Waals surface area (Å²) in [5, 5.41) is 0. The van der Waals surface area contributed by atoms with E-state index in [4.69, 9.17) is 4.74 Å². The molecule has 6 nitrogen and oxygen atoms in total. The van der Waals surface area contributed by atoms with Crippen molar-refractivity contribution in [3.63, 3.8) is 0 Å². The van der Waals surface area contributed by atoms with E-state index in [-0.39, 0.29) is 25.5 Å². The van der Waals surface area contributed by atoms with Gasteiger partial charge in [-0.1, -0.05) is 12.1 Å². The highest BCUT2D eigenvalue weighted by molar-refractivity contribution is 5.78. The summed E-state index contributed by atoms with van der Waals surface area (Å²) in [5.74, 6) is -0.253. The second-order valence-electron chi connectivity index (χ2n) is 6.55. The highest BCUT2D eigenvalue weighted by Crippen LogP contribution is 2.21. The van der Waals surface area contributed by atoms with Crippen molar-refractivity contribution in [3.05, 3.63) is 29.8 Å². The van der Waals surface area contributed by atoms with Crippen LogP contribution in [-0.2, 0) is 16.1 Å². The van der Waals surface area contributed by atoms with Gasteiger partial charge in [0.05, 0.1) is 13.7 Å². The smallest absolute Gasteiger partial charge is 0.397 e. The van der Waals surface area contributed by atoms with Gasteiger partial charge in [0, 0.05) is 39.8 Å². The quantitative estimate of drug-likeness (QED) is 0.746. The highest BCUT2D eigenvalue weighted by atomic mass is 19.4. The maximum absolute atomic E-state index is 12.4. The Kier molecular flexibility index (Phi) is 7.06. The number of hydrogen-bond donors (Lipinski definition) is 0. The largest absolute Gasteiger partial charge is 0.497 e. The van der Waals surface area contributed by atoms with Gasteiger partial charge >= 0.3 is 6.18 Å². The summed E-state index contributed by atoms with van der Waals surface area (Å²) in [6, 6.07) is 7.41. The van der Waals surface area contributed by atoms with Gasteiger partial charge in [-0.15, -0.1) is 0 Å². The number of amides is 2. The van der Waals surface area contributed by atoms with Crippen molar-refractivity contribution in [1.82, 2.24) is 14.7 Å². The Bertz CT molecular complexity index is 641. The van der Waals surface area contributed by atoms with Crippen molar-refractivity contribution in [2.45, 2.75) is 19.1 Å². The maximum atomic E-state index is 12.4. The molecule has 150 valence electrons. The third kappa shape index (κ3) is 6.74. The molecule has 0 spiro atoms. The topological polar surface area (TPSA) is 53.1 Å². The van der Waals surface area contributed by atoms with Crippen molar-refractivity contribution in [2.24, 2.45) is 0 Å². The standard InChI is InChI=1S/C18H24F3N3O3/c1-22(12-14-3-5-15(27-2)6-4-14)17(26)13-23-7-9-24(10-8-23)16(25)11-18(19,20)21/h3-6H,7-13H2,1-2H3. The van der Waals surface area contributed by atoms with Crippen LogP contribution in [0.15, 0.2) is 24.3 Å². The van der Waals surface area contributed by atoms with E-state index in [2.05, 4.69) is 0 Å². The number of carbonyl (C=O) groups excluding carboxylic acids is 2. The average Bonchev–Trinajstić information content (AvgIpc) is 2.61. The minimum absolute atomic E-state index is 0.0825. The Hall–Kier alpha value is -2.29. The van der Waals surface area contributed by atoms with E-state index in [0.717, 1.165) is 11.3 Å². The Morgan fingerprint density at radius 3 is 2.22 bits per heavy atom. The van der Waals surface area contributed by atoms with Crippen LogP contribution in [0.5, 0.6) is 5.75 Å². The maximum Gasteiger partial charge on any atom is 0.397 e. The average molecular weight is 387 g/mol. The van der Waals surface area contributed by atoms with Crippen LogP contribution in [0.3, 0.4) is 0 Å². The molecule has 0 atom stereocenters. The number of ether oxygens (including phenoxy) is 1. The van der Waals surface area contributed by atoms with Crippen LogP contribution in [0.1, 0.15) is 12.0 Å². The minimum atomic E-state index is -4.49. The number of halogens is 3. The van der Waals surface area contributed by atoms with Crippen molar-refractivity contribution >= 4 is 11.8 Å². The summed E-state index contributed by atoms with van der Waals surface area (Å²) in [5.41, 5.74) is 0.967. The molecule has 9 heteroatoms. The third-order valence-corrected chi connectivity index (χ3v) is 4.44. The summed E-state index contributed by atoms with van der Waals surface area (Å²) in [7, 11) is 3.29. The van der Waals surface area contributed by atoms with Crippen LogP contribution in [0, 0.1) is 0 Å². The van der Waals surface area contributed by atoms with E-state index in [1.807, 2.05) is 29.2 Å². The number of methoxy groups -OCH3 is 1. The second-order valence-corrected chi connectivity index (χ2v) is 6.55. The first-order chi connectivity index (χ1) is 12.7. The zero-order valence-electron chi connectivity index (χ0n) is 15.5. The van der Waals surface area contributed by atoms with Crippen LogP contribution < -0.4 is 4.74 Å². The summed E-state index contributed by atoms with van der Waals surface area (Å²) in [4.78, 5) is 28.6. The third-order valence-electron chi connectivity index (χ3n) is 4.44. The van der Waals surface area contributed by atoms with Gasteiger partial charge in [-0.05, 0) is 17.7 Å². The molecular weight excluding hydrogens is 363 g/mol. The van der Waals surface area contributed by atoms with Crippen LogP contribution in [-0.4, -0.2) is 79.6 Å². The van der Waals surface area contributed by atoms with Gasteiger partial charge < -0.3 is 14.5 Å². The van der Waals surface area contributed by atoms with E-state index in [9.17, 15) is 22.8 Å². The molecule has 1 saturated heterocycles. The molecule has 0 radical (unpaired) electrons. The summed E-state index contributed by atoms with van der Waals surface area (Å²) >= 11 is 0. The van der Waals surface area contributed by atoms with E-state index in [1.165, 1.54) is 4.90 Å². The van der Waals surface area contributed by atoms with Crippen LogP contribution in [0.25, 0.3) is 0 Å². The molecule has 0 aromatic heterocycles. The number of nitrogens with zero attached hydrogens (tertiary/aromatic N) is 3. The number of alkyl halides is 3. The molecule has 0 saturated carbocycles. The van der Waals surface area contributed by atoms with Gasteiger partial charge in [-0.3, -0.25) is 14.5 Å². The Morgan fingerprint density at radius 1 is 1.11 bits per heavy atom. The lowest BCUT2D eigenvalue weighted by molar-refractivity contribution is -0.162. The van der Waals surface area contributed by atoms with Gasteiger partial charge in [0.15, 0.2) is 0 Å². The number of carbonyl (C=O) groups is 2. The van der Waals surface area contributed by atoms with Gasteiger partial charge in [-0.25, -0.2) is 0 Å². The zero-order chi connectivity index (χ0) is 20.0. The Morgan fingerprint density at radius 2 is 1.70 bits per heavy atom. The fourth-order valence-corrected chi connectivity index (χ4v) is 2.84. The van der Waals surface area contributed by atoms with Crippen LogP contribution in [0.4, 0.5) is 13.2 Å². The minimum Gasteiger partial charge on any atom is -0.497 e. The molecule has 1 heterocycles. The van der Waals surface area contributed by atoms with E-state index >= 15 is 0 Å². The molecule has 0 bridgehead atoms. The lowest BCUT2D eigenvalue weighted by Crippen LogP contribution is -2.51. The molecule has 2 amide bonds. The Balaban J connectivity index is 1.77. The SMILES string of the molecule is COc1ccc(CN(C)C(=O)CN2CCN(C(=O)CC(F)(F)F)CC2)cc1. The van der Waals surface area contributed by atoms with E-state index in [0.29, 0.717) is 19.6 Å². The number of hydrogen-bond acceptors (Lipinski definition) is 4. The molecule has 1 aromatic rings. The first kappa shape index (κ1) is 21.0. The van der Waals surface area contributed by atoms with E-state index in [1.54, 1.807) is 19.1 Å². The van der Waals surface area contributed by atoms with E-state index < -0.39 is 18.5 Å². The molecular formula is C18H24F3N3O3. The fourth-order valence-electron chi connectivity index (χ4n) is 2.84. The number of benzene rings is 1. The second kappa shape index (κ2) is 9.07. The molecule has 1 fully saturated rings. The van der Waals surface area contributed by atoms with Crippen LogP contribution >= 0.6 is 0 Å². The molecule has 0 unspecified atom stereocenters. The van der Waals surface area contributed by atoms with Crippen LogP contribution in [0.2, 0.25) is 0 Å². The molecule has 1 aromatic carbocycles. The summed E-state index contributed by atoms with van der Waals surface area (Å²) in [6.45, 7) is 1.78. The van der Waals surface area contributed by atoms with Gasteiger partial charge in [0.2, 0.25) is 11.8 Å². The fraction of sp³-hybridized carbons (Fsp3) is 0.556. The number of rotatable bonds is 6. The summed E-state index contributed by atoms with van der Waals surface area (Å²) < 4.78 is 42.0. The highest BCUT2D eigenvalue weighted by Gasteiger charge is 2.34. The lowest BCUT2D eigenvalue weighted by atomic mass is 10.2. The predicted octanol–water partition coefficient (Wildman–Crippen LogP) is 1.75. The van der Waals surface area contributed by atoms with Crippen molar-refractivity contribution in [1.29, 1.82) is 0 Å². The molecule has 1 aliphatic rings. The van der Waals surface area contributed by atoms with Crippen molar-refractivity contribution < 1.29 is 27.5 Å². The van der Waals surface area contributed by atoms with Gasteiger partial charge in [-0.2, -0.15) is 13.2 Å². The molecule has 0 N–H and O–H groups in total. The van der Waals surface area contributed by atoms with Gasteiger partial charge in [0.25, 0.3) is 0 Å². The number of likely N-dealkylation sites (N-methyl/N-ethyl adjacent to an activating group) is 1. The number of piperazine rings is 1. The van der Waals surface area contributed by atoms with Gasteiger partial charge in [0.1, 0.15) is 12.2 Å². The molecule has 27 heavy (non-hydrogen) atoms. The monoisotopic (exact) mass is 387 g/mol. The molecule has 1 aliphatic heterocycles. The Labute approximate surface area is 156 Å². The first-order valence-corrected chi connectivity index (χ1v) is 8.61. The predicted molar refractivity (Wildman–Crippen MR) is 93.2 cm³/mol. The summed E-state index contributed by atoms with van der Waals surface area (Å²) in [6.07, 6.45) is -5.93. The van der Waals surface area contributed by atoms with Crippen molar-refractivity contribution in [3.8, 4) is 5.75 Å². The lowest BCUT2D eigenvalue weighted by Gasteiger charge is -2.35.